The molecule has 27 heavy (non-hydrogen) atoms. The summed E-state index contributed by atoms with van der Waals surface area (Å²) in [6, 6.07) is 7.71. The van der Waals surface area contributed by atoms with Crippen molar-refractivity contribution in [1.82, 2.24) is 10.2 Å². The largest absolute Gasteiger partial charge is 0.493 e. The second-order valence-corrected chi connectivity index (χ2v) is 6.36. The quantitative estimate of drug-likeness (QED) is 0.803. The average Bonchev–Trinajstić information content (AvgIpc) is 3.03. The molecule has 0 spiro atoms. The van der Waals surface area contributed by atoms with Gasteiger partial charge in [0.2, 0.25) is 11.8 Å². The van der Waals surface area contributed by atoms with Gasteiger partial charge in [-0.25, -0.2) is 0 Å². The molecular formula is C19H22N4O4. The minimum atomic E-state index is -0.454. The molecule has 8 heteroatoms. The highest BCUT2D eigenvalue weighted by atomic mass is 16.5. The van der Waals surface area contributed by atoms with Crippen LogP contribution in [0.5, 0.6) is 17.4 Å². The average molecular weight is 370 g/mol. The van der Waals surface area contributed by atoms with E-state index in [-0.39, 0.29) is 12.0 Å². The predicted octanol–water partition coefficient (Wildman–Crippen LogP) is 2.57. The van der Waals surface area contributed by atoms with Gasteiger partial charge in [0.05, 0.1) is 37.0 Å². The van der Waals surface area contributed by atoms with Crippen molar-refractivity contribution in [2.45, 2.75) is 32.5 Å². The van der Waals surface area contributed by atoms with Crippen LogP contribution in [0, 0.1) is 11.3 Å². The van der Waals surface area contributed by atoms with Gasteiger partial charge in [-0.2, -0.15) is 5.26 Å². The predicted molar refractivity (Wildman–Crippen MR) is 97.4 cm³/mol. The van der Waals surface area contributed by atoms with E-state index in [1.54, 1.807) is 14.2 Å². The summed E-state index contributed by atoms with van der Waals surface area (Å²) in [6.45, 7) is 4.18. The van der Waals surface area contributed by atoms with Crippen molar-refractivity contribution in [2.24, 2.45) is 5.73 Å². The summed E-state index contributed by atoms with van der Waals surface area (Å²) < 4.78 is 22.0. The summed E-state index contributed by atoms with van der Waals surface area (Å²) >= 11 is 0. The van der Waals surface area contributed by atoms with E-state index in [1.165, 1.54) is 0 Å². The molecule has 1 aliphatic rings. The van der Waals surface area contributed by atoms with Crippen LogP contribution in [-0.4, -0.2) is 30.5 Å². The van der Waals surface area contributed by atoms with Crippen molar-refractivity contribution in [3.8, 4) is 23.4 Å². The molecule has 1 aliphatic heterocycles. The van der Waals surface area contributed by atoms with Gasteiger partial charge in [-0.05, 0) is 31.5 Å². The molecule has 1 atom stereocenters. The second-order valence-electron chi connectivity index (χ2n) is 6.36. The van der Waals surface area contributed by atoms with Crippen LogP contribution in [0.2, 0.25) is 0 Å². The molecule has 142 valence electrons. The molecule has 0 saturated heterocycles. The number of fused-ring (bicyclic) bond motifs is 1. The number of methoxy groups -OCH3 is 2. The van der Waals surface area contributed by atoms with E-state index in [0.717, 1.165) is 16.8 Å². The Hall–Kier alpha value is -3.18. The van der Waals surface area contributed by atoms with E-state index in [2.05, 4.69) is 16.3 Å². The molecule has 0 saturated carbocycles. The SMILES string of the molecule is COCc1[nH]nc2c1C(c1ccc(OC(C)C)c(OC)c1)C(C#N)=C(N)O2. The third kappa shape index (κ3) is 3.41. The zero-order valence-electron chi connectivity index (χ0n) is 15.7. The molecule has 1 aromatic heterocycles. The molecule has 8 nitrogen and oxygen atoms in total. The van der Waals surface area contributed by atoms with Crippen LogP contribution in [0.1, 0.15) is 36.6 Å². The molecule has 0 radical (unpaired) electrons. The molecule has 2 heterocycles. The fourth-order valence-corrected chi connectivity index (χ4v) is 3.11. The Morgan fingerprint density at radius 2 is 2.11 bits per heavy atom. The maximum atomic E-state index is 9.69. The highest BCUT2D eigenvalue weighted by molar-refractivity contribution is 5.57. The van der Waals surface area contributed by atoms with Crippen molar-refractivity contribution in [3.05, 3.63) is 46.5 Å². The number of ether oxygens (including phenoxy) is 4. The van der Waals surface area contributed by atoms with Crippen LogP contribution >= 0.6 is 0 Å². The molecule has 0 fully saturated rings. The zero-order valence-corrected chi connectivity index (χ0v) is 15.7. The Morgan fingerprint density at radius 3 is 2.74 bits per heavy atom. The van der Waals surface area contributed by atoms with Gasteiger partial charge >= 0.3 is 0 Å². The lowest BCUT2D eigenvalue weighted by Gasteiger charge is -2.25. The van der Waals surface area contributed by atoms with Gasteiger partial charge in [0.25, 0.3) is 0 Å². The number of H-pyrrole nitrogens is 1. The lowest BCUT2D eigenvalue weighted by Crippen LogP contribution is -2.21. The van der Waals surface area contributed by atoms with Crippen molar-refractivity contribution < 1.29 is 18.9 Å². The van der Waals surface area contributed by atoms with Crippen LogP contribution in [0.3, 0.4) is 0 Å². The molecular weight excluding hydrogens is 348 g/mol. The monoisotopic (exact) mass is 370 g/mol. The standard InChI is InChI=1S/C19H22N4O4/c1-10(2)26-14-6-5-11(7-15(14)25-4)16-12(8-20)18(21)27-19-17(16)13(9-24-3)22-23-19/h5-7,10,16H,9,21H2,1-4H3,(H,22,23). The van der Waals surface area contributed by atoms with Crippen molar-refractivity contribution in [2.75, 3.05) is 14.2 Å². The summed E-state index contributed by atoms with van der Waals surface area (Å²) in [6.07, 6.45) is 0.00632. The number of nitrogens with one attached hydrogen (secondary N) is 1. The number of aromatic nitrogens is 2. The summed E-state index contributed by atoms with van der Waals surface area (Å²) in [4.78, 5) is 0. The fourth-order valence-electron chi connectivity index (χ4n) is 3.11. The van der Waals surface area contributed by atoms with Crippen LogP contribution in [0.4, 0.5) is 0 Å². The Balaban J connectivity index is 2.14. The van der Waals surface area contributed by atoms with Crippen LogP contribution in [0.15, 0.2) is 29.7 Å². The fraction of sp³-hybridized carbons (Fsp3) is 0.368. The first-order chi connectivity index (χ1) is 13.0. The third-order valence-electron chi connectivity index (χ3n) is 4.19. The van der Waals surface area contributed by atoms with Crippen molar-refractivity contribution in [1.29, 1.82) is 5.26 Å². The molecule has 3 rings (SSSR count). The van der Waals surface area contributed by atoms with Gasteiger partial charge in [0.1, 0.15) is 11.6 Å². The minimum absolute atomic E-state index is 0.00632. The maximum Gasteiger partial charge on any atom is 0.244 e. The first kappa shape index (κ1) is 18.6. The number of nitrogens with two attached hydrogens (primary N) is 1. The molecule has 1 unspecified atom stereocenters. The number of allylic oxidation sites excluding steroid dienone is 1. The number of hydrogen-bond donors (Lipinski definition) is 2. The second kappa shape index (κ2) is 7.60. The van der Waals surface area contributed by atoms with E-state index in [1.807, 2.05) is 32.0 Å². The lowest BCUT2D eigenvalue weighted by molar-refractivity contribution is 0.180. The molecule has 1 aromatic carbocycles. The maximum absolute atomic E-state index is 9.69. The number of nitrogens with zero attached hydrogens (tertiary/aromatic N) is 2. The highest BCUT2D eigenvalue weighted by Crippen LogP contribution is 2.44. The van der Waals surface area contributed by atoms with Crippen molar-refractivity contribution in [3.63, 3.8) is 0 Å². The Bertz CT molecular complexity index is 911. The first-order valence-electron chi connectivity index (χ1n) is 8.48. The molecule has 0 bridgehead atoms. The first-order valence-corrected chi connectivity index (χ1v) is 8.48. The van der Waals surface area contributed by atoms with Gasteiger partial charge in [-0.3, -0.25) is 5.10 Å². The van der Waals surface area contributed by atoms with Gasteiger partial charge < -0.3 is 24.7 Å². The van der Waals surface area contributed by atoms with Crippen LogP contribution < -0.4 is 19.9 Å². The molecule has 0 amide bonds. The normalized spacial score (nSPS) is 15.9. The summed E-state index contributed by atoms with van der Waals surface area (Å²) in [5.41, 5.74) is 8.54. The Morgan fingerprint density at radius 1 is 1.33 bits per heavy atom. The lowest BCUT2D eigenvalue weighted by atomic mass is 9.84. The smallest absolute Gasteiger partial charge is 0.244 e. The number of benzene rings is 1. The highest BCUT2D eigenvalue weighted by Gasteiger charge is 2.35. The molecule has 2 aromatic rings. The van der Waals surface area contributed by atoms with E-state index < -0.39 is 5.92 Å². The van der Waals surface area contributed by atoms with E-state index in [0.29, 0.717) is 29.6 Å². The number of aromatic amines is 1. The minimum Gasteiger partial charge on any atom is -0.493 e. The number of rotatable bonds is 6. The summed E-state index contributed by atoms with van der Waals surface area (Å²) in [7, 11) is 3.16. The zero-order chi connectivity index (χ0) is 19.6. The van der Waals surface area contributed by atoms with Crippen LogP contribution in [-0.2, 0) is 11.3 Å². The Kier molecular flexibility index (Phi) is 5.23. The third-order valence-corrected chi connectivity index (χ3v) is 4.19. The van der Waals surface area contributed by atoms with Crippen molar-refractivity contribution >= 4 is 0 Å². The van der Waals surface area contributed by atoms with Gasteiger partial charge in [0.15, 0.2) is 11.5 Å². The summed E-state index contributed by atoms with van der Waals surface area (Å²) in [5.74, 6) is 1.12. The van der Waals surface area contributed by atoms with Gasteiger partial charge in [-0.15, -0.1) is 5.10 Å². The van der Waals surface area contributed by atoms with Crippen LogP contribution in [0.25, 0.3) is 0 Å². The van der Waals surface area contributed by atoms with E-state index in [9.17, 15) is 5.26 Å². The molecule has 0 aliphatic carbocycles. The topological polar surface area (TPSA) is 115 Å². The molecule has 3 N–H and O–H groups in total. The van der Waals surface area contributed by atoms with Gasteiger partial charge in [0, 0.05) is 7.11 Å². The van der Waals surface area contributed by atoms with E-state index in [4.69, 9.17) is 24.7 Å². The number of nitriles is 1. The Labute approximate surface area is 157 Å². The summed E-state index contributed by atoms with van der Waals surface area (Å²) in [5, 5.41) is 16.8. The number of hydrogen-bond acceptors (Lipinski definition) is 7. The van der Waals surface area contributed by atoms with Gasteiger partial charge in [-0.1, -0.05) is 6.07 Å². The van der Waals surface area contributed by atoms with E-state index >= 15 is 0 Å².